The Morgan fingerprint density at radius 1 is 1.32 bits per heavy atom. The lowest BCUT2D eigenvalue weighted by Gasteiger charge is -2.06. The van der Waals surface area contributed by atoms with Crippen LogP contribution in [0.25, 0.3) is 10.8 Å². The second-order valence-corrected chi connectivity index (χ2v) is 4.20. The highest BCUT2D eigenvalue weighted by atomic mass is 16.5. The first kappa shape index (κ1) is 13.1. The number of fused-ring (bicyclic) bond motifs is 1. The SMILES string of the molecule is COC(=O)[C@H](C)N=Cc1c(O)ccc2ccccc12. The largest absolute Gasteiger partial charge is 0.507 e. The fraction of sp³-hybridized carbons (Fsp3) is 0.200. The highest BCUT2D eigenvalue weighted by molar-refractivity contribution is 6.02. The molecule has 1 N–H and O–H groups in total. The summed E-state index contributed by atoms with van der Waals surface area (Å²) in [5, 5.41) is 11.8. The normalized spacial score (nSPS) is 12.7. The van der Waals surface area contributed by atoms with E-state index in [-0.39, 0.29) is 5.75 Å². The number of carbonyl (C=O) groups is 1. The van der Waals surface area contributed by atoms with E-state index in [4.69, 9.17) is 0 Å². The number of methoxy groups -OCH3 is 1. The van der Waals surface area contributed by atoms with E-state index in [9.17, 15) is 9.90 Å². The molecule has 0 aliphatic heterocycles. The van der Waals surface area contributed by atoms with Gasteiger partial charge in [-0.05, 0) is 23.8 Å². The molecule has 0 fully saturated rings. The summed E-state index contributed by atoms with van der Waals surface area (Å²) in [6.45, 7) is 1.64. The van der Waals surface area contributed by atoms with Gasteiger partial charge in [0.2, 0.25) is 0 Å². The molecular formula is C15H15NO3. The summed E-state index contributed by atoms with van der Waals surface area (Å²) in [6, 6.07) is 10.5. The van der Waals surface area contributed by atoms with Crippen molar-refractivity contribution in [2.75, 3.05) is 7.11 Å². The summed E-state index contributed by atoms with van der Waals surface area (Å²) in [6.07, 6.45) is 1.51. The van der Waals surface area contributed by atoms with Gasteiger partial charge in [-0.25, -0.2) is 4.79 Å². The van der Waals surface area contributed by atoms with Gasteiger partial charge in [0.1, 0.15) is 11.8 Å². The molecule has 0 bridgehead atoms. The van der Waals surface area contributed by atoms with Crippen molar-refractivity contribution >= 4 is 23.0 Å². The van der Waals surface area contributed by atoms with Crippen LogP contribution in [0, 0.1) is 0 Å². The molecule has 0 amide bonds. The number of hydrogen-bond donors (Lipinski definition) is 1. The first-order valence-corrected chi connectivity index (χ1v) is 5.95. The average Bonchev–Trinajstić information content (AvgIpc) is 2.45. The highest BCUT2D eigenvalue weighted by Gasteiger charge is 2.11. The summed E-state index contributed by atoms with van der Waals surface area (Å²) in [7, 11) is 1.32. The Labute approximate surface area is 111 Å². The van der Waals surface area contributed by atoms with E-state index < -0.39 is 12.0 Å². The van der Waals surface area contributed by atoms with Gasteiger partial charge in [-0.2, -0.15) is 0 Å². The number of aliphatic imine (C=N–C) groups is 1. The maximum atomic E-state index is 11.3. The van der Waals surface area contributed by atoms with Gasteiger partial charge in [0.25, 0.3) is 0 Å². The molecule has 98 valence electrons. The zero-order chi connectivity index (χ0) is 13.8. The number of ether oxygens (including phenoxy) is 1. The van der Waals surface area contributed by atoms with Crippen LogP contribution >= 0.6 is 0 Å². The van der Waals surface area contributed by atoms with Crippen molar-refractivity contribution in [3.63, 3.8) is 0 Å². The standard InChI is InChI=1S/C15H15NO3/c1-10(15(18)19-2)16-9-13-12-6-4-3-5-11(12)7-8-14(13)17/h3-10,17H,1-2H3/t10-/m0/s1. The predicted molar refractivity (Wildman–Crippen MR) is 74.7 cm³/mol. The third-order valence-corrected chi connectivity index (χ3v) is 2.92. The molecule has 4 nitrogen and oxygen atoms in total. The molecular weight excluding hydrogens is 242 g/mol. The van der Waals surface area contributed by atoms with Gasteiger partial charge in [-0.3, -0.25) is 4.99 Å². The van der Waals surface area contributed by atoms with E-state index in [1.165, 1.54) is 13.3 Å². The zero-order valence-corrected chi connectivity index (χ0v) is 10.8. The van der Waals surface area contributed by atoms with E-state index in [0.29, 0.717) is 5.56 Å². The summed E-state index contributed by atoms with van der Waals surface area (Å²) < 4.78 is 4.60. The lowest BCUT2D eigenvalue weighted by molar-refractivity contribution is -0.141. The molecule has 0 radical (unpaired) electrons. The van der Waals surface area contributed by atoms with Gasteiger partial charge in [-0.1, -0.05) is 30.3 Å². The molecule has 0 heterocycles. The van der Waals surface area contributed by atoms with Crippen molar-refractivity contribution < 1.29 is 14.6 Å². The van der Waals surface area contributed by atoms with Crippen LogP contribution in [0.15, 0.2) is 41.4 Å². The van der Waals surface area contributed by atoms with Crippen LogP contribution in [-0.4, -0.2) is 30.4 Å². The number of hydrogen-bond acceptors (Lipinski definition) is 4. The summed E-state index contributed by atoms with van der Waals surface area (Å²) in [4.78, 5) is 15.4. The van der Waals surface area contributed by atoms with E-state index in [2.05, 4.69) is 9.73 Å². The minimum atomic E-state index is -0.594. The second kappa shape index (κ2) is 5.52. The molecule has 4 heteroatoms. The second-order valence-electron chi connectivity index (χ2n) is 4.20. The number of rotatable bonds is 3. The molecule has 19 heavy (non-hydrogen) atoms. The van der Waals surface area contributed by atoms with Crippen LogP contribution < -0.4 is 0 Å². The van der Waals surface area contributed by atoms with E-state index >= 15 is 0 Å². The van der Waals surface area contributed by atoms with Crippen molar-refractivity contribution in [3.05, 3.63) is 42.0 Å². The number of phenols is 1. The van der Waals surface area contributed by atoms with Crippen molar-refractivity contribution in [3.8, 4) is 5.75 Å². The van der Waals surface area contributed by atoms with Gasteiger partial charge in [0.15, 0.2) is 0 Å². The smallest absolute Gasteiger partial charge is 0.330 e. The van der Waals surface area contributed by atoms with Gasteiger partial charge in [0.05, 0.1) is 7.11 Å². The van der Waals surface area contributed by atoms with Crippen LogP contribution in [0.4, 0.5) is 0 Å². The minimum absolute atomic E-state index is 0.138. The summed E-state index contributed by atoms with van der Waals surface area (Å²) in [5.74, 6) is -0.268. The lowest BCUT2D eigenvalue weighted by Crippen LogP contribution is -2.16. The molecule has 2 aromatic carbocycles. The Bertz CT molecular complexity index is 634. The summed E-state index contributed by atoms with van der Waals surface area (Å²) >= 11 is 0. The quantitative estimate of drug-likeness (QED) is 0.679. The lowest BCUT2D eigenvalue weighted by atomic mass is 10.0. The first-order valence-electron chi connectivity index (χ1n) is 5.95. The number of phenolic OH excluding ortho intramolecular Hbond substituents is 1. The number of carbonyl (C=O) groups excluding carboxylic acids is 1. The maximum Gasteiger partial charge on any atom is 0.330 e. The Morgan fingerprint density at radius 3 is 2.79 bits per heavy atom. The van der Waals surface area contributed by atoms with Crippen molar-refractivity contribution in [2.45, 2.75) is 13.0 Å². The predicted octanol–water partition coefficient (Wildman–Crippen LogP) is 2.53. The number of benzene rings is 2. The van der Waals surface area contributed by atoms with Crippen molar-refractivity contribution in [1.29, 1.82) is 0 Å². The summed E-state index contributed by atoms with van der Waals surface area (Å²) in [5.41, 5.74) is 0.605. The van der Waals surface area contributed by atoms with E-state index in [1.54, 1.807) is 13.0 Å². The van der Waals surface area contributed by atoms with Crippen molar-refractivity contribution in [2.24, 2.45) is 4.99 Å². The molecule has 0 aliphatic rings. The van der Waals surface area contributed by atoms with Crippen LogP contribution in [-0.2, 0) is 9.53 Å². The monoisotopic (exact) mass is 257 g/mol. The fourth-order valence-corrected chi connectivity index (χ4v) is 1.84. The highest BCUT2D eigenvalue weighted by Crippen LogP contribution is 2.25. The van der Waals surface area contributed by atoms with Crippen LogP contribution in [0.2, 0.25) is 0 Å². The van der Waals surface area contributed by atoms with Crippen LogP contribution in [0.3, 0.4) is 0 Å². The third-order valence-electron chi connectivity index (χ3n) is 2.92. The molecule has 0 aromatic heterocycles. The molecule has 2 rings (SSSR count). The Hall–Kier alpha value is -2.36. The van der Waals surface area contributed by atoms with Gasteiger partial charge < -0.3 is 9.84 Å². The average molecular weight is 257 g/mol. The molecule has 0 spiro atoms. The Morgan fingerprint density at radius 2 is 2.05 bits per heavy atom. The molecule has 0 aliphatic carbocycles. The number of nitrogens with zero attached hydrogens (tertiary/aromatic N) is 1. The van der Waals surface area contributed by atoms with E-state index in [0.717, 1.165) is 10.8 Å². The molecule has 1 atom stereocenters. The minimum Gasteiger partial charge on any atom is -0.507 e. The van der Waals surface area contributed by atoms with Gasteiger partial charge in [0, 0.05) is 11.8 Å². The molecule has 0 saturated heterocycles. The topological polar surface area (TPSA) is 58.9 Å². The zero-order valence-electron chi connectivity index (χ0n) is 10.8. The van der Waals surface area contributed by atoms with Crippen LogP contribution in [0.5, 0.6) is 5.75 Å². The van der Waals surface area contributed by atoms with Gasteiger partial charge >= 0.3 is 5.97 Å². The van der Waals surface area contributed by atoms with Crippen molar-refractivity contribution in [1.82, 2.24) is 0 Å². The molecule has 0 unspecified atom stereocenters. The number of esters is 1. The fourth-order valence-electron chi connectivity index (χ4n) is 1.84. The molecule has 0 saturated carbocycles. The van der Waals surface area contributed by atoms with Gasteiger partial charge in [-0.15, -0.1) is 0 Å². The van der Waals surface area contributed by atoms with E-state index in [1.807, 2.05) is 30.3 Å². The first-order chi connectivity index (χ1) is 9.13. The maximum absolute atomic E-state index is 11.3. The Balaban J connectivity index is 2.42. The molecule has 2 aromatic rings. The third kappa shape index (κ3) is 2.73. The van der Waals surface area contributed by atoms with Crippen LogP contribution in [0.1, 0.15) is 12.5 Å². The Kier molecular flexibility index (Phi) is 3.80. The number of aromatic hydroxyl groups is 1.